The van der Waals surface area contributed by atoms with Crippen LogP contribution in [0.15, 0.2) is 47.8 Å². The van der Waals surface area contributed by atoms with E-state index in [2.05, 4.69) is 10.3 Å². The van der Waals surface area contributed by atoms with E-state index >= 15 is 0 Å². The van der Waals surface area contributed by atoms with Gasteiger partial charge in [0, 0.05) is 44.4 Å². The summed E-state index contributed by atoms with van der Waals surface area (Å²) in [5, 5.41) is 21.6. The molecule has 0 radical (unpaired) electrons. The maximum atomic E-state index is 13.5. The van der Waals surface area contributed by atoms with Crippen LogP contribution in [-0.4, -0.2) is 73.5 Å². The van der Waals surface area contributed by atoms with Gasteiger partial charge in [-0.15, -0.1) is 0 Å². The van der Waals surface area contributed by atoms with E-state index in [0.717, 1.165) is 5.56 Å². The molecule has 1 aromatic carbocycles. The number of halogens is 1. The Kier molecular flexibility index (Phi) is 8.74. The van der Waals surface area contributed by atoms with Crippen LogP contribution in [0.3, 0.4) is 0 Å². The molecule has 34 heavy (non-hydrogen) atoms. The van der Waals surface area contributed by atoms with Crippen molar-refractivity contribution in [3.63, 3.8) is 0 Å². The van der Waals surface area contributed by atoms with Crippen LogP contribution < -0.4 is 5.32 Å². The molecule has 0 fully saturated rings. The standard InChI is InChI=1S/C23H26FN5O4S/c1-15(32)26-19-13-17(7-8-25-19)22-21(16-3-5-18(24)6-4-16)27-23(28(22)2)34-14-20(33)29(9-11-30)10-12-31/h3-8,13,30-31H,9-12,14H2,1-2H3,(H,25,26,32). The van der Waals surface area contributed by atoms with Crippen molar-refractivity contribution >= 4 is 29.4 Å². The zero-order valence-corrected chi connectivity index (χ0v) is 19.7. The first kappa shape index (κ1) is 25.3. The van der Waals surface area contributed by atoms with Gasteiger partial charge in [-0.05, 0) is 36.4 Å². The zero-order chi connectivity index (χ0) is 24.7. The van der Waals surface area contributed by atoms with Crippen LogP contribution >= 0.6 is 11.8 Å². The fourth-order valence-electron chi connectivity index (χ4n) is 3.39. The number of aromatic nitrogens is 3. The number of hydrogen-bond acceptors (Lipinski definition) is 7. The Morgan fingerprint density at radius 2 is 1.79 bits per heavy atom. The normalized spacial score (nSPS) is 10.9. The van der Waals surface area contributed by atoms with Crippen LogP contribution in [-0.2, 0) is 16.6 Å². The average Bonchev–Trinajstić information content (AvgIpc) is 3.13. The minimum Gasteiger partial charge on any atom is -0.395 e. The Morgan fingerprint density at radius 3 is 2.41 bits per heavy atom. The molecule has 0 saturated heterocycles. The summed E-state index contributed by atoms with van der Waals surface area (Å²) in [7, 11) is 1.81. The zero-order valence-electron chi connectivity index (χ0n) is 18.9. The van der Waals surface area contributed by atoms with Crippen molar-refractivity contribution in [2.75, 3.05) is 37.4 Å². The molecular formula is C23H26FN5O4S. The Balaban J connectivity index is 1.99. The van der Waals surface area contributed by atoms with Gasteiger partial charge in [-0.2, -0.15) is 0 Å². The Labute approximate surface area is 200 Å². The maximum absolute atomic E-state index is 13.5. The average molecular weight is 488 g/mol. The molecule has 0 spiro atoms. The van der Waals surface area contributed by atoms with Gasteiger partial charge in [0.15, 0.2) is 5.16 Å². The molecule has 3 rings (SSSR count). The van der Waals surface area contributed by atoms with E-state index in [9.17, 15) is 24.2 Å². The monoisotopic (exact) mass is 487 g/mol. The highest BCUT2D eigenvalue weighted by atomic mass is 32.2. The van der Waals surface area contributed by atoms with Crippen molar-refractivity contribution in [1.29, 1.82) is 0 Å². The van der Waals surface area contributed by atoms with Gasteiger partial charge in [0.1, 0.15) is 11.6 Å². The lowest BCUT2D eigenvalue weighted by Crippen LogP contribution is -2.37. The number of imidazole rings is 1. The van der Waals surface area contributed by atoms with E-state index in [-0.39, 0.29) is 49.7 Å². The third-order valence-electron chi connectivity index (χ3n) is 4.93. The fraction of sp³-hybridized carbons (Fsp3) is 0.304. The molecule has 2 heterocycles. The maximum Gasteiger partial charge on any atom is 0.233 e. The second-order valence-corrected chi connectivity index (χ2v) is 8.33. The summed E-state index contributed by atoms with van der Waals surface area (Å²) >= 11 is 1.22. The van der Waals surface area contributed by atoms with E-state index in [4.69, 9.17) is 4.98 Å². The van der Waals surface area contributed by atoms with Gasteiger partial charge in [-0.25, -0.2) is 14.4 Å². The van der Waals surface area contributed by atoms with Crippen LogP contribution in [0.5, 0.6) is 0 Å². The summed E-state index contributed by atoms with van der Waals surface area (Å²) < 4.78 is 15.4. The number of rotatable bonds is 10. The highest BCUT2D eigenvalue weighted by molar-refractivity contribution is 7.99. The quantitative estimate of drug-likeness (QED) is 0.375. The Bertz CT molecular complexity index is 1150. The Hall–Kier alpha value is -3.28. The molecule has 11 heteroatoms. The van der Waals surface area contributed by atoms with Crippen molar-refractivity contribution in [2.45, 2.75) is 12.1 Å². The molecule has 3 aromatic rings. The summed E-state index contributed by atoms with van der Waals surface area (Å²) in [6, 6.07) is 9.44. The minimum absolute atomic E-state index is 0.0562. The lowest BCUT2D eigenvalue weighted by atomic mass is 10.1. The predicted octanol–water partition coefficient (Wildman–Crippen LogP) is 2.15. The molecule has 0 aliphatic carbocycles. The third-order valence-corrected chi connectivity index (χ3v) is 5.94. The first-order valence-electron chi connectivity index (χ1n) is 10.5. The molecule has 0 bridgehead atoms. The SMILES string of the molecule is CC(=O)Nc1cc(-c2c(-c3ccc(F)cc3)nc(SCC(=O)N(CCO)CCO)n2C)ccn1. The first-order chi connectivity index (χ1) is 16.3. The minimum atomic E-state index is -0.369. The number of thioether (sulfide) groups is 1. The van der Waals surface area contributed by atoms with E-state index in [0.29, 0.717) is 27.9 Å². The van der Waals surface area contributed by atoms with Gasteiger partial charge in [0.25, 0.3) is 0 Å². The summed E-state index contributed by atoms with van der Waals surface area (Å²) in [5.41, 5.74) is 2.71. The van der Waals surface area contributed by atoms with Crippen LogP contribution in [0.25, 0.3) is 22.5 Å². The van der Waals surface area contributed by atoms with Gasteiger partial charge in [0.05, 0.1) is 30.4 Å². The number of hydrogen-bond donors (Lipinski definition) is 3. The topological polar surface area (TPSA) is 121 Å². The van der Waals surface area contributed by atoms with E-state index in [1.54, 1.807) is 37.5 Å². The molecule has 0 saturated carbocycles. The number of anilines is 1. The van der Waals surface area contributed by atoms with Crippen molar-refractivity contribution in [2.24, 2.45) is 7.05 Å². The molecule has 9 nitrogen and oxygen atoms in total. The number of benzene rings is 1. The second kappa shape index (κ2) is 11.7. The molecule has 2 amide bonds. The number of pyridine rings is 1. The third kappa shape index (κ3) is 6.19. The van der Waals surface area contributed by atoms with Crippen molar-refractivity contribution in [3.8, 4) is 22.5 Å². The van der Waals surface area contributed by atoms with Crippen LogP contribution in [0, 0.1) is 5.82 Å². The largest absolute Gasteiger partial charge is 0.395 e. The molecule has 0 aliphatic heterocycles. The van der Waals surface area contributed by atoms with E-state index in [1.807, 2.05) is 4.57 Å². The summed E-state index contributed by atoms with van der Waals surface area (Å²) in [6.45, 7) is 1.27. The smallest absolute Gasteiger partial charge is 0.233 e. The number of carbonyl (C=O) groups excluding carboxylic acids is 2. The molecule has 0 atom stereocenters. The molecule has 3 N–H and O–H groups in total. The lowest BCUT2D eigenvalue weighted by molar-refractivity contribution is -0.129. The number of nitrogens with zero attached hydrogens (tertiary/aromatic N) is 4. The molecule has 0 aliphatic rings. The highest BCUT2D eigenvalue weighted by Crippen LogP contribution is 2.35. The van der Waals surface area contributed by atoms with Gasteiger partial charge in [-0.1, -0.05) is 11.8 Å². The van der Waals surface area contributed by atoms with Crippen molar-refractivity contribution < 1.29 is 24.2 Å². The van der Waals surface area contributed by atoms with E-state index < -0.39 is 0 Å². The van der Waals surface area contributed by atoms with Crippen LogP contribution in [0.1, 0.15) is 6.92 Å². The van der Waals surface area contributed by atoms with Gasteiger partial charge in [0.2, 0.25) is 11.8 Å². The molecule has 0 unspecified atom stereocenters. The number of amides is 2. The van der Waals surface area contributed by atoms with E-state index in [1.165, 1.54) is 35.7 Å². The summed E-state index contributed by atoms with van der Waals surface area (Å²) in [5.74, 6) is -0.424. The van der Waals surface area contributed by atoms with Crippen LogP contribution in [0.2, 0.25) is 0 Å². The molecule has 2 aromatic heterocycles. The fourth-order valence-corrected chi connectivity index (χ4v) is 4.27. The van der Waals surface area contributed by atoms with Gasteiger partial charge >= 0.3 is 0 Å². The summed E-state index contributed by atoms with van der Waals surface area (Å²) in [4.78, 5) is 34.3. The Morgan fingerprint density at radius 1 is 1.12 bits per heavy atom. The number of aliphatic hydroxyl groups excluding tert-OH is 2. The lowest BCUT2D eigenvalue weighted by Gasteiger charge is -2.20. The first-order valence-corrected chi connectivity index (χ1v) is 11.5. The van der Waals surface area contributed by atoms with Gasteiger partial charge < -0.3 is 25.0 Å². The summed E-state index contributed by atoms with van der Waals surface area (Å²) in [6.07, 6.45) is 1.57. The second-order valence-electron chi connectivity index (χ2n) is 7.39. The molecule has 180 valence electrons. The number of aliphatic hydroxyl groups is 2. The molecular weight excluding hydrogens is 461 g/mol. The van der Waals surface area contributed by atoms with Gasteiger partial charge in [-0.3, -0.25) is 9.59 Å². The van der Waals surface area contributed by atoms with Crippen molar-refractivity contribution in [1.82, 2.24) is 19.4 Å². The highest BCUT2D eigenvalue weighted by Gasteiger charge is 2.21. The number of nitrogens with one attached hydrogen (secondary N) is 1. The predicted molar refractivity (Wildman–Crippen MR) is 128 cm³/mol. The van der Waals surface area contributed by atoms with Crippen molar-refractivity contribution in [3.05, 3.63) is 48.4 Å². The number of carbonyl (C=O) groups is 2. The van der Waals surface area contributed by atoms with Crippen LogP contribution in [0.4, 0.5) is 10.2 Å².